The van der Waals surface area contributed by atoms with Crippen molar-refractivity contribution in [1.82, 2.24) is 0 Å². The van der Waals surface area contributed by atoms with Gasteiger partial charge in [-0.05, 0) is 43.1 Å². The minimum atomic E-state index is -0.0161. The molecule has 1 unspecified atom stereocenters. The Kier molecular flexibility index (Phi) is 2.51. The number of benzene rings is 1. The van der Waals surface area contributed by atoms with E-state index in [1.165, 1.54) is 44.1 Å². The Hall–Kier alpha value is -0.820. The van der Waals surface area contributed by atoms with Crippen molar-refractivity contribution in [3.8, 4) is 0 Å². The van der Waals surface area contributed by atoms with Gasteiger partial charge in [0, 0.05) is 5.54 Å². The van der Waals surface area contributed by atoms with E-state index in [2.05, 4.69) is 30.3 Å². The van der Waals surface area contributed by atoms with Gasteiger partial charge in [0.05, 0.1) is 0 Å². The summed E-state index contributed by atoms with van der Waals surface area (Å²) in [6.07, 6.45) is 8.10. The Morgan fingerprint density at radius 3 is 2.00 bits per heavy atom. The Labute approximate surface area is 98.0 Å². The topological polar surface area (TPSA) is 26.0 Å². The summed E-state index contributed by atoms with van der Waals surface area (Å²) in [7, 11) is 0. The molecule has 0 spiro atoms. The number of rotatable bonds is 3. The van der Waals surface area contributed by atoms with Crippen molar-refractivity contribution >= 4 is 0 Å². The Bertz CT molecular complexity index is 349. The monoisotopic (exact) mass is 215 g/mol. The van der Waals surface area contributed by atoms with Crippen molar-refractivity contribution in [3.05, 3.63) is 35.9 Å². The molecule has 0 aliphatic heterocycles. The Morgan fingerprint density at radius 1 is 0.875 bits per heavy atom. The van der Waals surface area contributed by atoms with Crippen molar-refractivity contribution < 1.29 is 0 Å². The zero-order valence-electron chi connectivity index (χ0n) is 9.86. The Balaban J connectivity index is 1.95. The summed E-state index contributed by atoms with van der Waals surface area (Å²) < 4.78 is 0. The highest BCUT2D eigenvalue weighted by molar-refractivity contribution is 5.28. The first-order valence-electron chi connectivity index (χ1n) is 6.66. The first kappa shape index (κ1) is 10.3. The van der Waals surface area contributed by atoms with E-state index in [9.17, 15) is 0 Å². The molecule has 1 atom stereocenters. The molecular weight excluding hydrogens is 194 g/mol. The van der Waals surface area contributed by atoms with Gasteiger partial charge in [-0.15, -0.1) is 0 Å². The smallest absolute Gasteiger partial charge is 0.0466 e. The normalized spacial score (nSPS) is 25.6. The SMILES string of the molecule is NC(c1ccccc1)(C1CCCC1)C1CC1. The van der Waals surface area contributed by atoms with Gasteiger partial charge in [-0.25, -0.2) is 0 Å². The van der Waals surface area contributed by atoms with Gasteiger partial charge in [0.2, 0.25) is 0 Å². The van der Waals surface area contributed by atoms with Gasteiger partial charge in [-0.3, -0.25) is 0 Å². The minimum Gasteiger partial charge on any atom is -0.321 e. The largest absolute Gasteiger partial charge is 0.321 e. The summed E-state index contributed by atoms with van der Waals surface area (Å²) in [5.41, 5.74) is 8.19. The average molecular weight is 215 g/mol. The number of hydrogen-bond donors (Lipinski definition) is 1. The summed E-state index contributed by atoms with van der Waals surface area (Å²) in [4.78, 5) is 0. The molecule has 0 heterocycles. The molecular formula is C15H21N. The molecule has 3 rings (SSSR count). The van der Waals surface area contributed by atoms with Crippen LogP contribution in [-0.4, -0.2) is 0 Å². The first-order chi connectivity index (χ1) is 7.82. The zero-order chi connectivity index (χ0) is 11.0. The van der Waals surface area contributed by atoms with E-state index in [1.807, 2.05) is 0 Å². The van der Waals surface area contributed by atoms with Crippen LogP contribution >= 0.6 is 0 Å². The lowest BCUT2D eigenvalue weighted by molar-refractivity contribution is 0.241. The van der Waals surface area contributed by atoms with Crippen LogP contribution in [-0.2, 0) is 5.54 Å². The van der Waals surface area contributed by atoms with E-state index in [4.69, 9.17) is 5.73 Å². The van der Waals surface area contributed by atoms with Crippen molar-refractivity contribution in [2.45, 2.75) is 44.1 Å². The summed E-state index contributed by atoms with van der Waals surface area (Å²) in [5.74, 6) is 1.47. The van der Waals surface area contributed by atoms with E-state index in [0.717, 1.165) is 11.8 Å². The molecule has 1 aromatic carbocycles. The molecule has 1 aromatic rings. The Morgan fingerprint density at radius 2 is 1.44 bits per heavy atom. The van der Waals surface area contributed by atoms with Gasteiger partial charge in [0.1, 0.15) is 0 Å². The molecule has 1 nitrogen and oxygen atoms in total. The third-order valence-corrected chi connectivity index (χ3v) is 4.56. The second-order valence-electron chi connectivity index (χ2n) is 5.55. The fraction of sp³-hybridized carbons (Fsp3) is 0.600. The lowest BCUT2D eigenvalue weighted by atomic mass is 9.74. The van der Waals surface area contributed by atoms with Gasteiger partial charge in [0.15, 0.2) is 0 Å². The molecule has 2 aliphatic carbocycles. The van der Waals surface area contributed by atoms with Gasteiger partial charge in [-0.1, -0.05) is 43.2 Å². The van der Waals surface area contributed by atoms with Crippen molar-refractivity contribution in [3.63, 3.8) is 0 Å². The van der Waals surface area contributed by atoms with Crippen LogP contribution in [0.2, 0.25) is 0 Å². The van der Waals surface area contributed by atoms with E-state index < -0.39 is 0 Å². The molecule has 0 bridgehead atoms. The van der Waals surface area contributed by atoms with Crippen molar-refractivity contribution in [1.29, 1.82) is 0 Å². The second kappa shape index (κ2) is 3.89. The maximum Gasteiger partial charge on any atom is 0.0466 e. The maximum absolute atomic E-state index is 6.83. The predicted octanol–water partition coefficient (Wildman–Crippen LogP) is 3.44. The number of hydrogen-bond acceptors (Lipinski definition) is 1. The van der Waals surface area contributed by atoms with E-state index >= 15 is 0 Å². The van der Waals surface area contributed by atoms with Crippen molar-refractivity contribution in [2.75, 3.05) is 0 Å². The first-order valence-corrected chi connectivity index (χ1v) is 6.66. The average Bonchev–Trinajstić information content (AvgIpc) is 3.05. The molecule has 0 radical (unpaired) electrons. The molecule has 0 amide bonds. The zero-order valence-corrected chi connectivity index (χ0v) is 9.86. The number of nitrogens with two attached hydrogens (primary N) is 1. The molecule has 1 heteroatoms. The van der Waals surface area contributed by atoms with Crippen LogP contribution in [0.3, 0.4) is 0 Å². The van der Waals surface area contributed by atoms with Crippen LogP contribution in [0.4, 0.5) is 0 Å². The third kappa shape index (κ3) is 1.58. The molecule has 2 fully saturated rings. The van der Waals surface area contributed by atoms with Gasteiger partial charge >= 0.3 is 0 Å². The van der Waals surface area contributed by atoms with Gasteiger partial charge in [-0.2, -0.15) is 0 Å². The summed E-state index contributed by atoms with van der Waals surface area (Å²) in [6, 6.07) is 10.8. The van der Waals surface area contributed by atoms with E-state index in [-0.39, 0.29) is 5.54 Å². The standard InChI is InChI=1S/C15H21N/c16-15(14-10-11-14,13-8-4-5-9-13)12-6-2-1-3-7-12/h1-3,6-7,13-14H,4-5,8-11,16H2. The second-order valence-corrected chi connectivity index (χ2v) is 5.55. The highest BCUT2D eigenvalue weighted by Crippen LogP contribution is 2.52. The molecule has 2 N–H and O–H groups in total. The van der Waals surface area contributed by atoms with Gasteiger partial charge < -0.3 is 5.73 Å². The molecule has 2 aliphatic rings. The third-order valence-electron chi connectivity index (χ3n) is 4.56. The summed E-state index contributed by atoms with van der Waals surface area (Å²) >= 11 is 0. The molecule has 0 saturated heterocycles. The quantitative estimate of drug-likeness (QED) is 0.821. The van der Waals surface area contributed by atoms with Crippen LogP contribution in [0.5, 0.6) is 0 Å². The highest BCUT2D eigenvalue weighted by Gasteiger charge is 2.48. The maximum atomic E-state index is 6.83. The summed E-state index contributed by atoms with van der Waals surface area (Å²) in [5, 5.41) is 0. The van der Waals surface area contributed by atoms with Crippen molar-refractivity contribution in [2.24, 2.45) is 17.6 Å². The van der Waals surface area contributed by atoms with Gasteiger partial charge in [0.25, 0.3) is 0 Å². The fourth-order valence-corrected chi connectivity index (χ4v) is 3.50. The predicted molar refractivity (Wildman–Crippen MR) is 67.0 cm³/mol. The lowest BCUT2D eigenvalue weighted by Gasteiger charge is -2.36. The van der Waals surface area contributed by atoms with Crippen LogP contribution < -0.4 is 5.73 Å². The molecule has 0 aromatic heterocycles. The van der Waals surface area contributed by atoms with Crippen LogP contribution in [0, 0.1) is 11.8 Å². The fourth-order valence-electron chi connectivity index (χ4n) is 3.50. The lowest BCUT2D eigenvalue weighted by Crippen LogP contribution is -2.45. The highest BCUT2D eigenvalue weighted by atomic mass is 14.8. The van der Waals surface area contributed by atoms with E-state index in [0.29, 0.717) is 0 Å². The minimum absolute atomic E-state index is 0.0161. The molecule has 2 saturated carbocycles. The molecule has 86 valence electrons. The van der Waals surface area contributed by atoms with Crippen LogP contribution in [0.15, 0.2) is 30.3 Å². The molecule has 16 heavy (non-hydrogen) atoms. The van der Waals surface area contributed by atoms with Crippen LogP contribution in [0.1, 0.15) is 44.1 Å². The van der Waals surface area contributed by atoms with Crippen LogP contribution in [0.25, 0.3) is 0 Å². The van der Waals surface area contributed by atoms with E-state index in [1.54, 1.807) is 0 Å². The summed E-state index contributed by atoms with van der Waals surface area (Å²) in [6.45, 7) is 0.